The van der Waals surface area contributed by atoms with Gasteiger partial charge in [-0.15, -0.1) is 0 Å². The molecule has 1 atom stereocenters. The molecule has 1 saturated carbocycles. The summed E-state index contributed by atoms with van der Waals surface area (Å²) in [4.78, 5) is 12.8. The summed E-state index contributed by atoms with van der Waals surface area (Å²) in [5.74, 6) is -0.156. The first-order chi connectivity index (χ1) is 11.5. The summed E-state index contributed by atoms with van der Waals surface area (Å²) in [6, 6.07) is 5.68. The number of carbonyl (C=O) groups is 1. The normalized spacial score (nSPS) is 23.3. The summed E-state index contributed by atoms with van der Waals surface area (Å²) in [6.07, 6.45) is 6.73. The van der Waals surface area contributed by atoms with E-state index in [0.29, 0.717) is 24.4 Å². The molecule has 132 valence electrons. The van der Waals surface area contributed by atoms with Gasteiger partial charge in [0.05, 0.1) is 4.90 Å². The molecule has 1 aliphatic carbocycles. The van der Waals surface area contributed by atoms with E-state index < -0.39 is 16.1 Å². The van der Waals surface area contributed by atoms with Crippen molar-refractivity contribution in [1.29, 1.82) is 0 Å². The highest BCUT2D eigenvalue weighted by Gasteiger charge is 2.39. The minimum Gasteiger partial charge on any atom is -0.352 e. The van der Waals surface area contributed by atoms with Crippen LogP contribution >= 0.6 is 11.6 Å². The molecule has 1 heterocycles. The molecule has 0 unspecified atom stereocenters. The van der Waals surface area contributed by atoms with Gasteiger partial charge in [0.25, 0.3) is 0 Å². The van der Waals surface area contributed by atoms with Crippen LogP contribution in [0.3, 0.4) is 0 Å². The number of halogens is 1. The highest BCUT2D eigenvalue weighted by atomic mass is 35.5. The van der Waals surface area contributed by atoms with Crippen LogP contribution in [-0.4, -0.2) is 37.3 Å². The Kier molecular flexibility index (Phi) is 5.47. The maximum Gasteiger partial charge on any atom is 0.243 e. The lowest BCUT2D eigenvalue weighted by atomic mass is 9.95. The molecule has 0 bridgehead atoms. The minimum absolute atomic E-state index is 0.156. The van der Waals surface area contributed by atoms with E-state index in [4.69, 9.17) is 11.6 Å². The molecule has 0 aromatic heterocycles. The lowest BCUT2D eigenvalue weighted by molar-refractivity contribution is -0.125. The zero-order chi connectivity index (χ0) is 17.2. The molecule has 0 spiro atoms. The summed E-state index contributed by atoms with van der Waals surface area (Å²) < 4.78 is 27.1. The largest absolute Gasteiger partial charge is 0.352 e. The molecule has 2 fully saturated rings. The number of rotatable bonds is 4. The van der Waals surface area contributed by atoms with Gasteiger partial charge in [0.15, 0.2) is 0 Å². The van der Waals surface area contributed by atoms with Crippen molar-refractivity contribution < 1.29 is 13.2 Å². The second-order valence-electron chi connectivity index (χ2n) is 6.57. The fourth-order valence-electron chi connectivity index (χ4n) is 3.58. The smallest absolute Gasteiger partial charge is 0.243 e. The van der Waals surface area contributed by atoms with Gasteiger partial charge in [-0.1, -0.05) is 30.9 Å². The summed E-state index contributed by atoms with van der Waals surface area (Å²) in [7, 11) is -3.68. The van der Waals surface area contributed by atoms with E-state index >= 15 is 0 Å². The van der Waals surface area contributed by atoms with Crippen molar-refractivity contribution in [3.63, 3.8) is 0 Å². The molecule has 1 amide bonds. The molecule has 1 aromatic rings. The summed E-state index contributed by atoms with van der Waals surface area (Å²) in [5.41, 5.74) is 0. The Bertz CT molecular complexity index is 684. The van der Waals surface area contributed by atoms with Crippen molar-refractivity contribution in [3.8, 4) is 0 Å². The van der Waals surface area contributed by atoms with E-state index in [0.717, 1.165) is 25.7 Å². The number of nitrogens with one attached hydrogen (secondary N) is 1. The molecule has 7 heteroatoms. The predicted octanol–water partition coefficient (Wildman–Crippen LogP) is 2.94. The fraction of sp³-hybridized carbons (Fsp3) is 0.588. The zero-order valence-electron chi connectivity index (χ0n) is 13.6. The lowest BCUT2D eigenvalue weighted by Crippen LogP contribution is -2.49. The lowest BCUT2D eigenvalue weighted by Gasteiger charge is -2.27. The van der Waals surface area contributed by atoms with Crippen LogP contribution < -0.4 is 5.32 Å². The maximum atomic E-state index is 12.9. The Balaban J connectivity index is 1.74. The number of amides is 1. The van der Waals surface area contributed by atoms with Gasteiger partial charge in [-0.2, -0.15) is 4.31 Å². The standard InChI is InChI=1S/C17H23ClN2O3S/c18-13-8-10-15(11-9-13)24(22,23)20-12-4-7-16(20)17(21)19-14-5-2-1-3-6-14/h8-11,14,16H,1-7,12H2,(H,19,21)/t16-/m0/s1. The highest BCUT2D eigenvalue weighted by Crippen LogP contribution is 2.27. The maximum absolute atomic E-state index is 12.9. The van der Waals surface area contributed by atoms with Gasteiger partial charge < -0.3 is 5.32 Å². The number of hydrogen-bond acceptors (Lipinski definition) is 3. The predicted molar refractivity (Wildman–Crippen MR) is 93.4 cm³/mol. The van der Waals surface area contributed by atoms with Gasteiger partial charge in [0, 0.05) is 17.6 Å². The van der Waals surface area contributed by atoms with Gasteiger partial charge in [-0.05, 0) is 49.9 Å². The molecular formula is C17H23ClN2O3S. The molecule has 1 N–H and O–H groups in total. The van der Waals surface area contributed by atoms with E-state index in [2.05, 4.69) is 5.32 Å². The fourth-order valence-corrected chi connectivity index (χ4v) is 5.36. The first kappa shape index (κ1) is 17.7. The quantitative estimate of drug-likeness (QED) is 0.886. The molecule has 0 radical (unpaired) electrons. The Labute approximate surface area is 148 Å². The van der Waals surface area contributed by atoms with Gasteiger partial charge in [0.1, 0.15) is 6.04 Å². The Morgan fingerprint density at radius 3 is 2.38 bits per heavy atom. The number of hydrogen-bond donors (Lipinski definition) is 1. The highest BCUT2D eigenvalue weighted by molar-refractivity contribution is 7.89. The van der Waals surface area contributed by atoms with Crippen molar-refractivity contribution in [2.45, 2.75) is 61.9 Å². The summed E-state index contributed by atoms with van der Waals surface area (Å²) in [6.45, 7) is 0.383. The first-order valence-corrected chi connectivity index (χ1v) is 10.4. The van der Waals surface area contributed by atoms with Crippen LogP contribution in [0.1, 0.15) is 44.9 Å². The van der Waals surface area contributed by atoms with E-state index in [1.807, 2.05) is 0 Å². The SMILES string of the molecule is O=C(NC1CCCCC1)[C@@H]1CCCN1S(=O)(=O)c1ccc(Cl)cc1. The molecule has 1 aliphatic heterocycles. The van der Waals surface area contributed by atoms with Crippen LogP contribution in [-0.2, 0) is 14.8 Å². The minimum atomic E-state index is -3.68. The van der Waals surface area contributed by atoms with Crippen LogP contribution in [0, 0.1) is 0 Å². The van der Waals surface area contributed by atoms with Crippen molar-refractivity contribution >= 4 is 27.5 Å². The number of nitrogens with zero attached hydrogens (tertiary/aromatic N) is 1. The Morgan fingerprint density at radius 2 is 1.71 bits per heavy atom. The van der Waals surface area contributed by atoms with Gasteiger partial charge in [-0.3, -0.25) is 4.79 Å². The zero-order valence-corrected chi connectivity index (χ0v) is 15.2. The molecule has 1 saturated heterocycles. The Morgan fingerprint density at radius 1 is 1.04 bits per heavy atom. The van der Waals surface area contributed by atoms with Crippen molar-refractivity contribution in [2.24, 2.45) is 0 Å². The topological polar surface area (TPSA) is 66.5 Å². The second kappa shape index (κ2) is 7.42. The van der Waals surface area contributed by atoms with Gasteiger partial charge in [0.2, 0.25) is 15.9 Å². The molecule has 2 aliphatic rings. The third-order valence-corrected chi connectivity index (χ3v) is 7.05. The van der Waals surface area contributed by atoms with E-state index in [1.54, 1.807) is 12.1 Å². The van der Waals surface area contributed by atoms with Crippen LogP contribution in [0.5, 0.6) is 0 Å². The third kappa shape index (κ3) is 3.76. The van der Waals surface area contributed by atoms with Crippen molar-refractivity contribution in [3.05, 3.63) is 29.3 Å². The first-order valence-electron chi connectivity index (χ1n) is 8.56. The van der Waals surface area contributed by atoms with Crippen molar-refractivity contribution in [2.75, 3.05) is 6.54 Å². The van der Waals surface area contributed by atoms with Crippen LogP contribution in [0.2, 0.25) is 5.02 Å². The average Bonchev–Trinajstić information content (AvgIpc) is 3.07. The third-order valence-electron chi connectivity index (χ3n) is 4.88. The summed E-state index contributed by atoms with van der Waals surface area (Å²) >= 11 is 5.84. The number of sulfonamides is 1. The molecule has 5 nitrogen and oxygen atoms in total. The summed E-state index contributed by atoms with van der Waals surface area (Å²) in [5, 5.41) is 3.55. The van der Waals surface area contributed by atoms with E-state index in [1.165, 1.54) is 22.9 Å². The number of benzene rings is 1. The van der Waals surface area contributed by atoms with Gasteiger partial charge in [-0.25, -0.2) is 8.42 Å². The molecule has 3 rings (SSSR count). The van der Waals surface area contributed by atoms with E-state index in [9.17, 15) is 13.2 Å². The second-order valence-corrected chi connectivity index (χ2v) is 8.90. The van der Waals surface area contributed by atoms with Crippen LogP contribution in [0.25, 0.3) is 0 Å². The number of carbonyl (C=O) groups excluding carboxylic acids is 1. The molecule has 1 aromatic carbocycles. The Hall–Kier alpha value is -1.11. The van der Waals surface area contributed by atoms with Crippen LogP contribution in [0.15, 0.2) is 29.2 Å². The van der Waals surface area contributed by atoms with E-state index in [-0.39, 0.29) is 16.8 Å². The van der Waals surface area contributed by atoms with Crippen molar-refractivity contribution in [1.82, 2.24) is 9.62 Å². The van der Waals surface area contributed by atoms with Crippen LogP contribution in [0.4, 0.5) is 0 Å². The molecular weight excluding hydrogens is 348 g/mol. The average molecular weight is 371 g/mol. The van der Waals surface area contributed by atoms with Gasteiger partial charge >= 0.3 is 0 Å². The monoisotopic (exact) mass is 370 g/mol. The molecule has 24 heavy (non-hydrogen) atoms.